The van der Waals surface area contributed by atoms with Crippen LogP contribution in [0.25, 0.3) is 10.9 Å². The van der Waals surface area contributed by atoms with Gasteiger partial charge in [-0.25, -0.2) is 4.98 Å². The Hall–Kier alpha value is -2.10. The van der Waals surface area contributed by atoms with Gasteiger partial charge >= 0.3 is 0 Å². The minimum atomic E-state index is -0.0814. The number of anilines is 1. The third kappa shape index (κ3) is 2.71. The third-order valence-electron chi connectivity index (χ3n) is 4.19. The number of amides is 1. The predicted octanol–water partition coefficient (Wildman–Crippen LogP) is 3.34. The highest BCUT2D eigenvalue weighted by atomic mass is 16.2. The fraction of sp³-hybridized carbons (Fsp3) is 0.412. The van der Waals surface area contributed by atoms with E-state index in [1.54, 1.807) is 0 Å². The van der Waals surface area contributed by atoms with Crippen molar-refractivity contribution in [1.82, 2.24) is 10.3 Å². The highest BCUT2D eigenvalue weighted by Gasteiger charge is 2.33. The summed E-state index contributed by atoms with van der Waals surface area (Å²) in [5.74, 6) is -0.0814. The van der Waals surface area contributed by atoms with Crippen molar-refractivity contribution in [3.05, 3.63) is 36.0 Å². The molecule has 1 aromatic heterocycles. The molecular weight excluding hydrogens is 262 g/mol. The summed E-state index contributed by atoms with van der Waals surface area (Å²) in [5.41, 5.74) is 2.24. The molecule has 0 bridgehead atoms. The molecule has 0 aliphatic heterocycles. The molecule has 3 rings (SSSR count). The van der Waals surface area contributed by atoms with E-state index >= 15 is 0 Å². The van der Waals surface area contributed by atoms with Crippen LogP contribution < -0.4 is 10.6 Å². The van der Waals surface area contributed by atoms with Crippen LogP contribution in [0.5, 0.6) is 0 Å². The number of hydrogen-bond acceptors (Lipinski definition) is 3. The Labute approximate surface area is 125 Å². The molecule has 1 aliphatic carbocycles. The molecule has 1 aliphatic rings. The summed E-state index contributed by atoms with van der Waals surface area (Å²) in [6.07, 6.45) is 3.28. The summed E-state index contributed by atoms with van der Waals surface area (Å²) in [7, 11) is 0. The first kappa shape index (κ1) is 13.9. The predicted molar refractivity (Wildman–Crippen MR) is 85.6 cm³/mol. The molecule has 0 spiro atoms. The topological polar surface area (TPSA) is 54.0 Å². The van der Waals surface area contributed by atoms with Crippen molar-refractivity contribution in [2.75, 3.05) is 11.9 Å². The van der Waals surface area contributed by atoms with E-state index in [0.717, 1.165) is 36.0 Å². The van der Waals surface area contributed by atoms with Crippen molar-refractivity contribution >= 4 is 22.5 Å². The number of aromatic nitrogens is 1. The van der Waals surface area contributed by atoms with Crippen molar-refractivity contribution in [3.8, 4) is 0 Å². The Bertz CT molecular complexity index is 677. The normalized spacial score (nSPS) is 16.3. The smallest absolute Gasteiger partial charge is 0.270 e. The first-order chi connectivity index (χ1) is 10.1. The van der Waals surface area contributed by atoms with Crippen LogP contribution in [0.3, 0.4) is 0 Å². The van der Waals surface area contributed by atoms with Gasteiger partial charge in [0.2, 0.25) is 0 Å². The number of fused-ring (bicyclic) bond motifs is 1. The van der Waals surface area contributed by atoms with Crippen LogP contribution in [0.15, 0.2) is 30.3 Å². The number of carbonyl (C=O) groups excluding carboxylic acids is 1. The second-order valence-corrected chi connectivity index (χ2v) is 5.97. The van der Waals surface area contributed by atoms with Gasteiger partial charge in [0.1, 0.15) is 5.69 Å². The zero-order valence-electron chi connectivity index (χ0n) is 12.6. The molecule has 0 saturated heterocycles. The summed E-state index contributed by atoms with van der Waals surface area (Å²) in [4.78, 5) is 17.0. The van der Waals surface area contributed by atoms with Crippen LogP contribution in [0, 0.1) is 0 Å². The van der Waals surface area contributed by atoms with E-state index in [1.807, 2.05) is 37.3 Å². The quantitative estimate of drug-likeness (QED) is 0.905. The molecule has 21 heavy (non-hydrogen) atoms. The van der Waals surface area contributed by atoms with Crippen LogP contribution >= 0.6 is 0 Å². The molecular formula is C17H21N3O. The number of para-hydroxylation sites is 1. The fourth-order valence-corrected chi connectivity index (χ4v) is 2.80. The monoisotopic (exact) mass is 283 g/mol. The molecule has 4 nitrogen and oxygen atoms in total. The van der Waals surface area contributed by atoms with Gasteiger partial charge in [0.05, 0.1) is 5.52 Å². The molecule has 1 amide bonds. The summed E-state index contributed by atoms with van der Waals surface area (Å²) in [6.45, 7) is 4.96. The van der Waals surface area contributed by atoms with Gasteiger partial charge in [-0.2, -0.15) is 0 Å². The van der Waals surface area contributed by atoms with E-state index < -0.39 is 0 Å². The molecule has 1 heterocycles. The first-order valence-corrected chi connectivity index (χ1v) is 7.57. The van der Waals surface area contributed by atoms with Crippen LogP contribution in [-0.2, 0) is 0 Å². The lowest BCUT2D eigenvalue weighted by Gasteiger charge is -2.39. The van der Waals surface area contributed by atoms with E-state index in [0.29, 0.717) is 5.69 Å². The highest BCUT2D eigenvalue weighted by Crippen LogP contribution is 2.31. The van der Waals surface area contributed by atoms with Gasteiger partial charge in [-0.1, -0.05) is 18.2 Å². The van der Waals surface area contributed by atoms with Crippen LogP contribution in [-0.4, -0.2) is 23.0 Å². The molecule has 4 heteroatoms. The molecule has 1 fully saturated rings. The maximum absolute atomic E-state index is 12.5. The molecule has 2 aromatic rings. The lowest BCUT2D eigenvalue weighted by molar-refractivity contribution is 0.0845. The van der Waals surface area contributed by atoms with Gasteiger partial charge < -0.3 is 10.6 Å². The van der Waals surface area contributed by atoms with Gasteiger partial charge in [0, 0.05) is 23.2 Å². The number of pyridine rings is 1. The lowest BCUT2D eigenvalue weighted by Crippen LogP contribution is -2.51. The lowest BCUT2D eigenvalue weighted by atomic mass is 9.78. The number of rotatable bonds is 4. The van der Waals surface area contributed by atoms with Crippen LogP contribution in [0.4, 0.5) is 5.69 Å². The Balaban J connectivity index is 1.96. The average molecular weight is 283 g/mol. The Kier molecular flexibility index (Phi) is 3.53. The molecule has 110 valence electrons. The second-order valence-electron chi connectivity index (χ2n) is 5.97. The molecule has 1 saturated carbocycles. The number of hydrogen-bond donors (Lipinski definition) is 2. The summed E-state index contributed by atoms with van der Waals surface area (Å²) in [6, 6.07) is 9.75. The van der Waals surface area contributed by atoms with Crippen molar-refractivity contribution < 1.29 is 4.79 Å². The van der Waals surface area contributed by atoms with E-state index in [2.05, 4.69) is 22.5 Å². The Morgan fingerprint density at radius 3 is 2.76 bits per heavy atom. The van der Waals surface area contributed by atoms with Gasteiger partial charge in [0.25, 0.3) is 5.91 Å². The largest absolute Gasteiger partial charge is 0.385 e. The summed E-state index contributed by atoms with van der Waals surface area (Å²) in [5, 5.41) is 7.48. The summed E-state index contributed by atoms with van der Waals surface area (Å²) < 4.78 is 0. The molecule has 0 unspecified atom stereocenters. The number of nitrogens with one attached hydrogen (secondary N) is 2. The zero-order valence-corrected chi connectivity index (χ0v) is 12.6. The van der Waals surface area contributed by atoms with Gasteiger partial charge in [-0.3, -0.25) is 4.79 Å². The molecule has 1 aromatic carbocycles. The third-order valence-corrected chi connectivity index (χ3v) is 4.19. The second kappa shape index (κ2) is 5.35. The number of benzene rings is 1. The first-order valence-electron chi connectivity index (χ1n) is 7.57. The molecule has 0 radical (unpaired) electrons. The van der Waals surface area contributed by atoms with Gasteiger partial charge in [-0.15, -0.1) is 0 Å². The van der Waals surface area contributed by atoms with E-state index in [1.165, 1.54) is 6.42 Å². The van der Waals surface area contributed by atoms with Gasteiger partial charge in [0.15, 0.2) is 0 Å². The highest BCUT2D eigenvalue weighted by molar-refractivity contribution is 6.00. The SMILES string of the molecule is CCNc1cc(C(=O)NC2(C)CCC2)nc2ccccc12. The maximum Gasteiger partial charge on any atom is 0.270 e. The maximum atomic E-state index is 12.5. The van der Waals surface area contributed by atoms with Crippen LogP contribution in [0.1, 0.15) is 43.6 Å². The van der Waals surface area contributed by atoms with Crippen molar-refractivity contribution in [2.24, 2.45) is 0 Å². The number of nitrogens with zero attached hydrogens (tertiary/aromatic N) is 1. The van der Waals surface area contributed by atoms with E-state index in [4.69, 9.17) is 0 Å². The van der Waals surface area contributed by atoms with Crippen LogP contribution in [0.2, 0.25) is 0 Å². The Morgan fingerprint density at radius 1 is 1.33 bits per heavy atom. The molecule has 0 atom stereocenters. The Morgan fingerprint density at radius 2 is 2.10 bits per heavy atom. The van der Waals surface area contributed by atoms with Crippen molar-refractivity contribution in [3.63, 3.8) is 0 Å². The van der Waals surface area contributed by atoms with Gasteiger partial charge in [-0.05, 0) is 45.2 Å². The molecule has 2 N–H and O–H groups in total. The zero-order chi connectivity index (χ0) is 14.9. The standard InChI is InChI=1S/C17H21N3O/c1-3-18-14-11-15(16(21)20-17(2)9-6-10-17)19-13-8-5-4-7-12(13)14/h4-5,7-8,11H,3,6,9-10H2,1-2H3,(H,18,19)(H,20,21). The van der Waals surface area contributed by atoms with Crippen molar-refractivity contribution in [2.45, 2.75) is 38.6 Å². The number of carbonyl (C=O) groups is 1. The fourth-order valence-electron chi connectivity index (χ4n) is 2.80. The van der Waals surface area contributed by atoms with Crippen molar-refractivity contribution in [1.29, 1.82) is 0 Å². The minimum absolute atomic E-state index is 0.0528. The summed E-state index contributed by atoms with van der Waals surface area (Å²) >= 11 is 0. The van der Waals surface area contributed by atoms with E-state index in [9.17, 15) is 4.79 Å². The van der Waals surface area contributed by atoms with E-state index in [-0.39, 0.29) is 11.4 Å². The average Bonchev–Trinajstić information content (AvgIpc) is 2.45. The minimum Gasteiger partial charge on any atom is -0.385 e.